The third-order valence-corrected chi connectivity index (χ3v) is 7.69. The topological polar surface area (TPSA) is 223 Å². The molecule has 8 N–H and O–H groups in total. The first-order chi connectivity index (χ1) is 22.0. The molecular formula is C35H67N5O9. The summed E-state index contributed by atoms with van der Waals surface area (Å²) in [5.41, 5.74) is 0. The summed E-state index contributed by atoms with van der Waals surface area (Å²) < 4.78 is 0. The fraction of sp³-hybridized carbons (Fsp3) is 0.829. The summed E-state index contributed by atoms with van der Waals surface area (Å²) in [6.07, 6.45) is -2.76. The summed E-state index contributed by atoms with van der Waals surface area (Å²) >= 11 is 0. The Morgan fingerprint density at radius 2 is 0.878 bits per heavy atom. The minimum Gasteiger partial charge on any atom is -0.481 e. The molecule has 0 spiro atoms. The zero-order valence-corrected chi connectivity index (χ0v) is 30.8. The number of rotatable bonds is 22. The molecular weight excluding hydrogens is 634 g/mol. The van der Waals surface area contributed by atoms with Crippen LogP contribution < -0.4 is 26.6 Å². The van der Waals surface area contributed by atoms with Crippen LogP contribution in [0.3, 0.4) is 0 Å². The highest BCUT2D eigenvalue weighted by Crippen LogP contribution is 2.15. The van der Waals surface area contributed by atoms with E-state index in [0.29, 0.717) is 12.8 Å². The van der Waals surface area contributed by atoms with Crippen molar-refractivity contribution in [3.63, 3.8) is 0 Å². The summed E-state index contributed by atoms with van der Waals surface area (Å²) in [5, 5.41) is 43.9. The molecule has 0 unspecified atom stereocenters. The Morgan fingerprint density at radius 3 is 1.29 bits per heavy atom. The number of carbonyl (C=O) groups excluding carboxylic acids is 5. The van der Waals surface area contributed by atoms with Crippen molar-refractivity contribution in [3.8, 4) is 0 Å². The Bertz CT molecular complexity index is 1060. The molecule has 0 bridgehead atoms. The second-order valence-electron chi connectivity index (χ2n) is 14.8. The van der Waals surface area contributed by atoms with E-state index < -0.39 is 84.9 Å². The van der Waals surface area contributed by atoms with E-state index in [1.807, 2.05) is 41.5 Å². The third kappa shape index (κ3) is 19.5. The molecule has 14 heteroatoms. The minimum atomic E-state index is -1.33. The molecule has 49 heavy (non-hydrogen) atoms. The van der Waals surface area contributed by atoms with Gasteiger partial charge in [0.1, 0.15) is 18.1 Å². The zero-order valence-electron chi connectivity index (χ0n) is 30.8. The van der Waals surface area contributed by atoms with Crippen LogP contribution in [0.5, 0.6) is 0 Å². The summed E-state index contributed by atoms with van der Waals surface area (Å²) in [6.45, 7) is 19.8. The maximum Gasteiger partial charge on any atom is 0.306 e. The van der Waals surface area contributed by atoms with Crippen molar-refractivity contribution < 1.29 is 44.1 Å². The number of amides is 5. The standard InChI is InChI=1S/C34H63N5O9.CH4/c1-17(2)12-23(37-33(47)31(21(9)10)39-34(48)30(20(7)8)38-27(42)14-19(5)6)25(40)15-28(43)35-22(11)32(46)36-24(13-18(3)4)26(41)16-29(44)45;/h17-26,30-31,40-41H,12-16H2,1-11H3,(H,35,43)(H,36,46)(H,37,47)(H,38,42)(H,39,48)(H,44,45);1H4/t22-,23-,24-,25-,26-,30-,31-;/m0./s1. The molecule has 0 saturated carbocycles. The van der Waals surface area contributed by atoms with E-state index in [0.717, 1.165) is 0 Å². The number of aliphatic hydroxyl groups is 2. The quantitative estimate of drug-likeness (QED) is 0.0827. The van der Waals surface area contributed by atoms with Crippen LogP contribution in [0, 0.1) is 29.6 Å². The van der Waals surface area contributed by atoms with Crippen molar-refractivity contribution in [2.75, 3.05) is 0 Å². The average molecular weight is 702 g/mol. The summed E-state index contributed by atoms with van der Waals surface area (Å²) in [4.78, 5) is 75.9. The van der Waals surface area contributed by atoms with Crippen molar-refractivity contribution >= 4 is 35.5 Å². The first kappa shape index (κ1) is 47.9. The smallest absolute Gasteiger partial charge is 0.306 e. The van der Waals surface area contributed by atoms with Crippen LogP contribution in [-0.2, 0) is 28.8 Å². The Labute approximate surface area is 293 Å². The molecule has 0 aromatic rings. The van der Waals surface area contributed by atoms with E-state index in [1.54, 1.807) is 27.7 Å². The molecule has 5 amide bonds. The minimum absolute atomic E-state index is 0. The molecule has 0 aromatic heterocycles. The molecule has 286 valence electrons. The predicted molar refractivity (Wildman–Crippen MR) is 189 cm³/mol. The van der Waals surface area contributed by atoms with Gasteiger partial charge in [0.05, 0.1) is 37.1 Å². The molecule has 7 atom stereocenters. The molecule has 0 radical (unpaired) electrons. The molecule has 0 saturated heterocycles. The van der Waals surface area contributed by atoms with Gasteiger partial charge in [0.2, 0.25) is 29.5 Å². The highest BCUT2D eigenvalue weighted by Gasteiger charge is 2.34. The highest BCUT2D eigenvalue weighted by atomic mass is 16.4. The second kappa shape index (κ2) is 23.2. The lowest BCUT2D eigenvalue weighted by molar-refractivity contribution is -0.140. The van der Waals surface area contributed by atoms with Crippen molar-refractivity contribution in [2.24, 2.45) is 29.6 Å². The van der Waals surface area contributed by atoms with E-state index >= 15 is 0 Å². The van der Waals surface area contributed by atoms with Gasteiger partial charge in [0, 0.05) is 6.42 Å². The van der Waals surface area contributed by atoms with Crippen LogP contribution in [-0.4, -0.2) is 93.2 Å². The number of carbonyl (C=O) groups is 6. The summed E-state index contributed by atoms with van der Waals surface area (Å²) in [6, 6.07) is -4.61. The monoisotopic (exact) mass is 701 g/mol. The van der Waals surface area contributed by atoms with E-state index in [4.69, 9.17) is 5.11 Å². The van der Waals surface area contributed by atoms with Crippen LogP contribution in [0.2, 0.25) is 0 Å². The molecule has 0 aliphatic carbocycles. The van der Waals surface area contributed by atoms with Crippen molar-refractivity contribution in [1.29, 1.82) is 0 Å². The van der Waals surface area contributed by atoms with Crippen LogP contribution in [0.15, 0.2) is 0 Å². The number of aliphatic hydroxyl groups excluding tert-OH is 2. The van der Waals surface area contributed by atoms with Crippen LogP contribution in [0.25, 0.3) is 0 Å². The van der Waals surface area contributed by atoms with Crippen molar-refractivity contribution in [3.05, 3.63) is 0 Å². The Balaban J connectivity index is 0. The van der Waals surface area contributed by atoms with Gasteiger partial charge in [-0.05, 0) is 49.4 Å². The van der Waals surface area contributed by atoms with E-state index in [1.165, 1.54) is 6.92 Å². The Morgan fingerprint density at radius 1 is 0.490 bits per heavy atom. The van der Waals surface area contributed by atoms with Gasteiger partial charge in [-0.2, -0.15) is 0 Å². The van der Waals surface area contributed by atoms with Gasteiger partial charge in [-0.15, -0.1) is 0 Å². The van der Waals surface area contributed by atoms with Gasteiger partial charge in [-0.3, -0.25) is 28.8 Å². The predicted octanol–water partition coefficient (Wildman–Crippen LogP) is 2.10. The second-order valence-corrected chi connectivity index (χ2v) is 14.8. The lowest BCUT2D eigenvalue weighted by Crippen LogP contribution is -2.59. The average Bonchev–Trinajstić information content (AvgIpc) is 2.91. The zero-order chi connectivity index (χ0) is 37.5. The van der Waals surface area contributed by atoms with Crippen molar-refractivity contribution in [2.45, 2.75) is 158 Å². The van der Waals surface area contributed by atoms with Gasteiger partial charge in [0.25, 0.3) is 0 Å². The summed E-state index contributed by atoms with van der Waals surface area (Å²) in [5.74, 6) is -4.25. The van der Waals surface area contributed by atoms with Gasteiger partial charge in [0.15, 0.2) is 0 Å². The normalized spacial score (nSPS) is 15.8. The van der Waals surface area contributed by atoms with Gasteiger partial charge < -0.3 is 41.9 Å². The number of hydrogen-bond donors (Lipinski definition) is 8. The number of hydrogen-bond acceptors (Lipinski definition) is 8. The lowest BCUT2D eigenvalue weighted by Gasteiger charge is -2.31. The molecule has 0 fully saturated rings. The van der Waals surface area contributed by atoms with E-state index in [-0.39, 0.29) is 49.3 Å². The first-order valence-electron chi connectivity index (χ1n) is 17.1. The number of aliphatic carboxylic acids is 1. The molecule has 0 heterocycles. The van der Waals surface area contributed by atoms with Gasteiger partial charge in [-0.25, -0.2) is 0 Å². The maximum absolute atomic E-state index is 13.5. The fourth-order valence-corrected chi connectivity index (χ4v) is 5.16. The van der Waals surface area contributed by atoms with Crippen LogP contribution in [0.1, 0.15) is 116 Å². The SMILES string of the molecule is C.CC(C)CC(=O)N[C@H](C(=O)N[C@H](C(=O)N[C@@H](CC(C)C)[C@@H](O)CC(=O)N[C@@H](C)C(=O)N[C@@H](CC(C)C)[C@@H](O)CC(=O)O)C(C)C)C(C)C. The van der Waals surface area contributed by atoms with Crippen molar-refractivity contribution in [1.82, 2.24) is 26.6 Å². The molecule has 0 aliphatic rings. The third-order valence-electron chi connectivity index (χ3n) is 7.69. The Kier molecular flexibility index (Phi) is 22.7. The molecule has 0 aliphatic heterocycles. The van der Waals surface area contributed by atoms with Gasteiger partial charge in [-0.1, -0.05) is 76.7 Å². The fourth-order valence-electron chi connectivity index (χ4n) is 5.16. The van der Waals surface area contributed by atoms with Crippen LogP contribution >= 0.6 is 0 Å². The highest BCUT2D eigenvalue weighted by molar-refractivity contribution is 5.92. The van der Waals surface area contributed by atoms with Crippen LogP contribution in [0.4, 0.5) is 0 Å². The number of nitrogens with one attached hydrogen (secondary N) is 5. The molecule has 0 aromatic carbocycles. The maximum atomic E-state index is 13.5. The summed E-state index contributed by atoms with van der Waals surface area (Å²) in [7, 11) is 0. The molecule has 0 rings (SSSR count). The lowest BCUT2D eigenvalue weighted by atomic mass is 9.95. The number of carboxylic acids is 1. The number of carboxylic acid groups (broad SMARTS) is 1. The largest absolute Gasteiger partial charge is 0.481 e. The van der Waals surface area contributed by atoms with E-state index in [2.05, 4.69) is 26.6 Å². The van der Waals surface area contributed by atoms with Gasteiger partial charge >= 0.3 is 5.97 Å². The Hall–Kier alpha value is -3.26. The first-order valence-corrected chi connectivity index (χ1v) is 17.1. The van der Waals surface area contributed by atoms with E-state index in [9.17, 15) is 39.0 Å². The molecule has 14 nitrogen and oxygen atoms in total.